The number of halogens is 2. The van der Waals surface area contributed by atoms with Gasteiger partial charge in [0.25, 0.3) is 11.8 Å². The third kappa shape index (κ3) is 3.91. The molecule has 8 rings (SSSR count). The predicted octanol–water partition coefficient (Wildman–Crippen LogP) is 5.61. The van der Waals surface area contributed by atoms with Crippen LogP contribution in [0, 0.1) is 29.5 Å². The number of phenolic OH excluding ortho intramolecular Hbond substituents is 1. The number of rotatable bonds is 4. The molecule has 8 nitrogen and oxygen atoms in total. The molecule has 0 aromatic heterocycles. The number of carbonyl (C=O) groups is 4. The van der Waals surface area contributed by atoms with E-state index in [1.54, 1.807) is 36.4 Å². The molecular formula is C36H27ClFN3O5. The smallest absolute Gasteiger partial charge is 0.260 e. The number of imide groups is 2. The number of benzene rings is 4. The van der Waals surface area contributed by atoms with Crippen molar-refractivity contribution in [3.05, 3.63) is 119 Å². The number of fused-ring (bicyclic) bond motifs is 5. The molecule has 10 heteroatoms. The second-order valence-electron chi connectivity index (χ2n) is 12.4. The Hall–Kier alpha value is -5.02. The average molecular weight is 636 g/mol. The minimum absolute atomic E-state index is 0.0587. The van der Waals surface area contributed by atoms with E-state index >= 15 is 4.79 Å². The monoisotopic (exact) mass is 635 g/mol. The Morgan fingerprint density at radius 2 is 1.63 bits per heavy atom. The SMILES string of the molecule is O=C1NC(=O)[C@H]2CC=C3[C@@H](C[C@H]4C(=O)N(Nc5ccc(F)cc5)C(=O)[C@@]4(c4ccc(Cl)cc4)[C@H]3c3c(O)ccc4ccccc34)[C@@H]12. The normalized spacial score (nSPS) is 28.4. The standard InChI is InChI=1S/C36H27ClFN3O5/c37-20-8-6-19(7-9-20)36-27(34(45)41(35(36)46)40-22-12-10-21(38)11-13-22)17-26-24(14-15-25-29(26)33(44)39-32(25)43)31(36)30-23-4-2-1-3-18(23)5-16-28(30)42/h1-14,16,25-27,29,31,40,42H,15,17H2,(H,39,43,44)/t25-,26+,27-,29-,31+,36+/m0/s1. The number of amides is 4. The summed E-state index contributed by atoms with van der Waals surface area (Å²) in [4.78, 5) is 55.9. The highest BCUT2D eigenvalue weighted by Gasteiger charge is 2.70. The Labute approximate surface area is 267 Å². The number of aromatic hydroxyl groups is 1. The lowest BCUT2D eigenvalue weighted by molar-refractivity contribution is -0.138. The summed E-state index contributed by atoms with van der Waals surface area (Å²) in [6.07, 6.45) is 2.32. The zero-order valence-corrected chi connectivity index (χ0v) is 25.0. The van der Waals surface area contributed by atoms with Gasteiger partial charge in [0, 0.05) is 16.5 Å². The molecule has 2 aliphatic carbocycles. The Morgan fingerprint density at radius 3 is 2.39 bits per heavy atom. The number of phenols is 1. The first-order valence-electron chi connectivity index (χ1n) is 15.1. The van der Waals surface area contributed by atoms with Gasteiger partial charge in [0.15, 0.2) is 0 Å². The topological polar surface area (TPSA) is 116 Å². The summed E-state index contributed by atoms with van der Waals surface area (Å²) in [7, 11) is 0. The van der Waals surface area contributed by atoms with Gasteiger partial charge in [-0.3, -0.25) is 29.9 Å². The van der Waals surface area contributed by atoms with Gasteiger partial charge in [-0.2, -0.15) is 5.01 Å². The van der Waals surface area contributed by atoms with Crippen LogP contribution in [0.25, 0.3) is 10.8 Å². The van der Waals surface area contributed by atoms with Crippen molar-refractivity contribution in [3.63, 3.8) is 0 Å². The van der Waals surface area contributed by atoms with Crippen molar-refractivity contribution >= 4 is 51.7 Å². The minimum Gasteiger partial charge on any atom is -0.508 e. The van der Waals surface area contributed by atoms with Crippen LogP contribution in [0.2, 0.25) is 5.02 Å². The number of hydrazine groups is 1. The van der Waals surface area contributed by atoms with Crippen molar-refractivity contribution in [3.8, 4) is 5.75 Å². The maximum atomic E-state index is 15.2. The highest BCUT2D eigenvalue weighted by molar-refractivity contribution is 6.30. The van der Waals surface area contributed by atoms with Crippen molar-refractivity contribution in [2.45, 2.75) is 24.2 Å². The molecular weight excluding hydrogens is 609 g/mol. The van der Waals surface area contributed by atoms with Crippen LogP contribution in [0.4, 0.5) is 10.1 Å². The molecule has 3 N–H and O–H groups in total. The van der Waals surface area contributed by atoms with Crippen molar-refractivity contribution < 1.29 is 28.7 Å². The summed E-state index contributed by atoms with van der Waals surface area (Å²) in [6, 6.07) is 23.0. The van der Waals surface area contributed by atoms with Gasteiger partial charge in [-0.15, -0.1) is 0 Å². The third-order valence-electron chi connectivity index (χ3n) is 10.3. The molecule has 3 fully saturated rings. The molecule has 0 spiro atoms. The zero-order chi connectivity index (χ0) is 31.9. The Bertz CT molecular complexity index is 2010. The quantitative estimate of drug-likeness (QED) is 0.198. The maximum Gasteiger partial charge on any atom is 0.260 e. The van der Waals surface area contributed by atoms with Gasteiger partial charge < -0.3 is 5.11 Å². The summed E-state index contributed by atoms with van der Waals surface area (Å²) < 4.78 is 13.8. The predicted molar refractivity (Wildman–Crippen MR) is 168 cm³/mol. The fraction of sp³-hybridized carbons (Fsp3) is 0.222. The second kappa shape index (κ2) is 10.3. The van der Waals surface area contributed by atoms with Gasteiger partial charge >= 0.3 is 0 Å². The summed E-state index contributed by atoms with van der Waals surface area (Å²) in [5.74, 6) is -6.13. The summed E-state index contributed by atoms with van der Waals surface area (Å²) >= 11 is 6.33. The van der Waals surface area contributed by atoms with Crippen LogP contribution in [-0.4, -0.2) is 33.7 Å². The molecule has 4 amide bonds. The van der Waals surface area contributed by atoms with E-state index in [0.29, 0.717) is 27.2 Å². The van der Waals surface area contributed by atoms with Crippen LogP contribution in [-0.2, 0) is 24.6 Å². The molecule has 2 heterocycles. The van der Waals surface area contributed by atoms with Gasteiger partial charge in [-0.05, 0) is 77.6 Å². The van der Waals surface area contributed by atoms with Crippen LogP contribution in [0.3, 0.4) is 0 Å². The minimum atomic E-state index is -1.58. The maximum absolute atomic E-state index is 15.2. The Balaban J connectivity index is 1.43. The molecule has 6 atom stereocenters. The van der Waals surface area contributed by atoms with Gasteiger partial charge in [-0.25, -0.2) is 4.39 Å². The van der Waals surface area contributed by atoms with Crippen LogP contribution in [0.1, 0.15) is 29.9 Å². The van der Waals surface area contributed by atoms with Crippen molar-refractivity contribution in [1.29, 1.82) is 0 Å². The van der Waals surface area contributed by atoms with Crippen LogP contribution in [0.15, 0.2) is 96.6 Å². The Kier molecular flexibility index (Phi) is 6.34. The fourth-order valence-electron chi connectivity index (χ4n) is 8.47. The van der Waals surface area contributed by atoms with E-state index in [9.17, 15) is 23.9 Å². The van der Waals surface area contributed by atoms with Gasteiger partial charge in [0.1, 0.15) is 11.6 Å². The summed E-state index contributed by atoms with van der Waals surface area (Å²) in [6.45, 7) is 0. The first kappa shape index (κ1) is 28.5. The number of hydrogen-bond acceptors (Lipinski definition) is 6. The number of nitrogens with one attached hydrogen (secondary N) is 2. The Morgan fingerprint density at radius 1 is 0.891 bits per heavy atom. The van der Waals surface area contributed by atoms with Crippen LogP contribution in [0.5, 0.6) is 5.75 Å². The number of anilines is 1. The molecule has 2 aliphatic heterocycles. The summed E-state index contributed by atoms with van der Waals surface area (Å²) in [5, 5.41) is 17.1. The van der Waals surface area contributed by atoms with E-state index in [-0.39, 0.29) is 24.5 Å². The molecule has 4 aromatic carbocycles. The van der Waals surface area contributed by atoms with Gasteiger partial charge in [-0.1, -0.05) is 65.7 Å². The van der Waals surface area contributed by atoms with E-state index in [2.05, 4.69) is 10.7 Å². The highest BCUT2D eigenvalue weighted by Crippen LogP contribution is 2.65. The molecule has 0 unspecified atom stereocenters. The zero-order valence-electron chi connectivity index (χ0n) is 24.2. The molecule has 0 radical (unpaired) electrons. The van der Waals surface area contributed by atoms with Crippen molar-refractivity contribution in [1.82, 2.24) is 10.3 Å². The number of nitrogens with zero attached hydrogens (tertiary/aromatic N) is 1. The molecule has 2 saturated heterocycles. The van der Waals surface area contributed by atoms with Crippen LogP contribution < -0.4 is 10.7 Å². The van der Waals surface area contributed by atoms with E-state index in [1.165, 1.54) is 24.3 Å². The third-order valence-corrected chi connectivity index (χ3v) is 10.6. The van der Waals surface area contributed by atoms with Crippen molar-refractivity contribution in [2.75, 3.05) is 5.43 Å². The lowest BCUT2D eigenvalue weighted by Crippen LogP contribution is -2.53. The molecule has 0 bridgehead atoms. The first-order chi connectivity index (χ1) is 22.2. The first-order valence-corrected chi connectivity index (χ1v) is 15.5. The van der Waals surface area contributed by atoms with Gasteiger partial charge in [0.05, 0.1) is 28.9 Å². The lowest BCUT2D eigenvalue weighted by atomic mass is 9.48. The van der Waals surface area contributed by atoms with E-state index in [0.717, 1.165) is 16.0 Å². The lowest BCUT2D eigenvalue weighted by Gasteiger charge is -2.51. The number of hydrogen-bond donors (Lipinski definition) is 3. The summed E-state index contributed by atoms with van der Waals surface area (Å²) in [5.41, 5.74) is 3.39. The van der Waals surface area contributed by atoms with Crippen LogP contribution >= 0.6 is 11.6 Å². The van der Waals surface area contributed by atoms with Crippen molar-refractivity contribution in [2.24, 2.45) is 23.7 Å². The molecule has 4 aliphatic rings. The van der Waals surface area contributed by atoms with Gasteiger partial charge in [0.2, 0.25) is 11.8 Å². The second-order valence-corrected chi connectivity index (χ2v) is 12.9. The van der Waals surface area contributed by atoms with E-state index in [4.69, 9.17) is 11.6 Å². The number of allylic oxidation sites excluding steroid dienone is 2. The van der Waals surface area contributed by atoms with E-state index < -0.39 is 58.5 Å². The molecule has 1 saturated carbocycles. The molecule has 46 heavy (non-hydrogen) atoms. The highest BCUT2D eigenvalue weighted by atomic mass is 35.5. The average Bonchev–Trinajstić information content (AvgIpc) is 3.46. The fourth-order valence-corrected chi connectivity index (χ4v) is 8.59. The molecule has 4 aromatic rings. The molecule has 230 valence electrons. The largest absolute Gasteiger partial charge is 0.508 e. The van der Waals surface area contributed by atoms with E-state index in [1.807, 2.05) is 30.3 Å². The number of carbonyl (C=O) groups excluding carboxylic acids is 4.